The van der Waals surface area contributed by atoms with Crippen LogP contribution in [0, 0.1) is 0 Å². The molecule has 100 valence electrons. The SMILES string of the molecule is CN1CC2CN(C(=O)C3(O)CNC3)CCN2C1=O. The second-order valence-corrected chi connectivity index (χ2v) is 5.40. The normalized spacial score (nSPS) is 30.2. The molecule has 0 saturated carbocycles. The molecule has 0 bridgehead atoms. The summed E-state index contributed by atoms with van der Waals surface area (Å²) in [6.45, 7) is 2.90. The smallest absolute Gasteiger partial charge is 0.320 e. The maximum Gasteiger partial charge on any atom is 0.320 e. The predicted octanol–water partition coefficient (Wildman–Crippen LogP) is -2.10. The van der Waals surface area contributed by atoms with E-state index in [2.05, 4.69) is 5.32 Å². The molecular formula is C11H18N4O3. The molecule has 3 fully saturated rings. The molecule has 3 aliphatic rings. The van der Waals surface area contributed by atoms with Crippen molar-refractivity contribution in [3.8, 4) is 0 Å². The van der Waals surface area contributed by atoms with Gasteiger partial charge in [-0.15, -0.1) is 0 Å². The van der Waals surface area contributed by atoms with Crippen LogP contribution < -0.4 is 5.32 Å². The Labute approximate surface area is 105 Å². The summed E-state index contributed by atoms with van der Waals surface area (Å²) in [6, 6.07) is 0.105. The van der Waals surface area contributed by atoms with Crippen LogP contribution in [0.15, 0.2) is 0 Å². The van der Waals surface area contributed by atoms with Crippen LogP contribution in [0.25, 0.3) is 0 Å². The van der Waals surface area contributed by atoms with Gasteiger partial charge in [0.25, 0.3) is 5.91 Å². The number of hydrogen-bond acceptors (Lipinski definition) is 4. The Morgan fingerprint density at radius 2 is 2.11 bits per heavy atom. The Balaban J connectivity index is 1.68. The molecule has 0 aromatic carbocycles. The summed E-state index contributed by atoms with van der Waals surface area (Å²) < 4.78 is 0. The molecule has 18 heavy (non-hydrogen) atoms. The maximum atomic E-state index is 12.2. The van der Waals surface area contributed by atoms with E-state index in [-0.39, 0.29) is 18.0 Å². The van der Waals surface area contributed by atoms with Crippen LogP contribution in [0.5, 0.6) is 0 Å². The number of amides is 3. The lowest BCUT2D eigenvalue weighted by Crippen LogP contribution is -2.69. The number of piperazine rings is 1. The van der Waals surface area contributed by atoms with E-state index in [0.29, 0.717) is 39.3 Å². The molecule has 3 saturated heterocycles. The van der Waals surface area contributed by atoms with Crippen LogP contribution in [0.1, 0.15) is 0 Å². The van der Waals surface area contributed by atoms with Crippen molar-refractivity contribution < 1.29 is 14.7 Å². The van der Waals surface area contributed by atoms with E-state index in [0.717, 1.165) is 0 Å². The number of carbonyl (C=O) groups excluding carboxylic acids is 2. The second-order valence-electron chi connectivity index (χ2n) is 5.40. The fraction of sp³-hybridized carbons (Fsp3) is 0.818. The summed E-state index contributed by atoms with van der Waals surface area (Å²) in [5.74, 6) is -0.206. The van der Waals surface area contributed by atoms with Crippen LogP contribution in [-0.4, -0.2) is 89.7 Å². The molecule has 0 aliphatic carbocycles. The molecule has 2 N–H and O–H groups in total. The third kappa shape index (κ3) is 1.58. The minimum Gasteiger partial charge on any atom is -0.377 e. The molecular weight excluding hydrogens is 236 g/mol. The Morgan fingerprint density at radius 1 is 1.39 bits per heavy atom. The van der Waals surface area contributed by atoms with Crippen molar-refractivity contribution in [3.63, 3.8) is 0 Å². The number of nitrogens with zero attached hydrogens (tertiary/aromatic N) is 3. The second kappa shape index (κ2) is 3.83. The number of nitrogens with one attached hydrogen (secondary N) is 1. The fourth-order valence-corrected chi connectivity index (χ4v) is 2.87. The fourth-order valence-electron chi connectivity index (χ4n) is 2.87. The van der Waals surface area contributed by atoms with Gasteiger partial charge in [-0.2, -0.15) is 0 Å². The summed E-state index contributed by atoms with van der Waals surface area (Å²) in [5.41, 5.74) is -1.23. The van der Waals surface area contributed by atoms with Gasteiger partial charge in [0.1, 0.15) is 0 Å². The summed E-state index contributed by atoms with van der Waals surface area (Å²) in [7, 11) is 1.77. The van der Waals surface area contributed by atoms with Gasteiger partial charge >= 0.3 is 6.03 Å². The van der Waals surface area contributed by atoms with Crippen LogP contribution in [0.3, 0.4) is 0 Å². The van der Waals surface area contributed by atoms with Gasteiger partial charge in [0.15, 0.2) is 5.60 Å². The minimum atomic E-state index is -1.23. The monoisotopic (exact) mass is 254 g/mol. The Morgan fingerprint density at radius 3 is 2.72 bits per heavy atom. The summed E-state index contributed by atoms with van der Waals surface area (Å²) in [5, 5.41) is 12.9. The van der Waals surface area contributed by atoms with Crippen molar-refractivity contribution in [2.24, 2.45) is 0 Å². The number of rotatable bonds is 1. The number of urea groups is 1. The summed E-state index contributed by atoms with van der Waals surface area (Å²) >= 11 is 0. The van der Waals surface area contributed by atoms with Crippen molar-refractivity contribution in [2.45, 2.75) is 11.6 Å². The van der Waals surface area contributed by atoms with Crippen molar-refractivity contribution >= 4 is 11.9 Å². The first-order valence-corrected chi connectivity index (χ1v) is 6.25. The van der Waals surface area contributed by atoms with Crippen LogP contribution in [0.2, 0.25) is 0 Å². The first-order valence-electron chi connectivity index (χ1n) is 6.25. The highest BCUT2D eigenvalue weighted by Crippen LogP contribution is 2.22. The average molecular weight is 254 g/mol. The Kier molecular flexibility index (Phi) is 2.49. The van der Waals surface area contributed by atoms with Crippen molar-refractivity contribution in [1.29, 1.82) is 0 Å². The molecule has 1 unspecified atom stereocenters. The molecule has 3 heterocycles. The zero-order valence-electron chi connectivity index (χ0n) is 10.4. The largest absolute Gasteiger partial charge is 0.377 e. The summed E-state index contributed by atoms with van der Waals surface area (Å²) in [6.07, 6.45) is 0. The van der Waals surface area contributed by atoms with E-state index in [4.69, 9.17) is 0 Å². The predicted molar refractivity (Wildman–Crippen MR) is 62.9 cm³/mol. The van der Waals surface area contributed by atoms with E-state index < -0.39 is 5.60 Å². The highest BCUT2D eigenvalue weighted by molar-refractivity contribution is 5.87. The van der Waals surface area contributed by atoms with Crippen LogP contribution in [0.4, 0.5) is 4.79 Å². The number of hydrogen-bond donors (Lipinski definition) is 2. The van der Waals surface area contributed by atoms with Crippen LogP contribution in [-0.2, 0) is 4.79 Å². The summed E-state index contributed by atoms with van der Waals surface area (Å²) in [4.78, 5) is 29.1. The third-order valence-electron chi connectivity index (χ3n) is 4.06. The van der Waals surface area contributed by atoms with Gasteiger partial charge in [-0.25, -0.2) is 4.79 Å². The molecule has 3 rings (SSSR count). The molecule has 0 radical (unpaired) electrons. The highest BCUT2D eigenvalue weighted by Gasteiger charge is 2.48. The van der Waals surface area contributed by atoms with Gasteiger partial charge in [0, 0.05) is 46.3 Å². The van der Waals surface area contributed by atoms with Gasteiger partial charge in [-0.1, -0.05) is 0 Å². The topological polar surface area (TPSA) is 76.1 Å². The van der Waals surface area contributed by atoms with Crippen molar-refractivity contribution in [3.05, 3.63) is 0 Å². The molecule has 1 atom stereocenters. The highest BCUT2D eigenvalue weighted by atomic mass is 16.3. The molecule has 7 heteroatoms. The number of aliphatic hydroxyl groups is 1. The van der Waals surface area contributed by atoms with Crippen LogP contribution >= 0.6 is 0 Å². The van der Waals surface area contributed by atoms with Gasteiger partial charge in [0.05, 0.1) is 6.04 Å². The zero-order valence-corrected chi connectivity index (χ0v) is 10.4. The van der Waals surface area contributed by atoms with E-state index in [1.807, 2.05) is 4.90 Å². The van der Waals surface area contributed by atoms with Gasteiger partial charge in [-0.3, -0.25) is 4.79 Å². The van der Waals surface area contributed by atoms with Gasteiger partial charge < -0.3 is 25.1 Å². The van der Waals surface area contributed by atoms with Gasteiger partial charge in [-0.05, 0) is 0 Å². The molecule has 0 aromatic heterocycles. The lowest BCUT2D eigenvalue weighted by molar-refractivity contribution is -0.158. The first kappa shape index (κ1) is 11.7. The van der Waals surface area contributed by atoms with Gasteiger partial charge in [0.2, 0.25) is 0 Å². The quantitative estimate of drug-likeness (QED) is 0.562. The first-order chi connectivity index (χ1) is 8.51. The average Bonchev–Trinajstić information content (AvgIpc) is 2.61. The molecule has 7 nitrogen and oxygen atoms in total. The van der Waals surface area contributed by atoms with Crippen molar-refractivity contribution in [2.75, 3.05) is 46.3 Å². The molecule has 3 amide bonds. The number of carbonyl (C=O) groups is 2. The molecule has 0 aromatic rings. The zero-order chi connectivity index (χ0) is 12.9. The Hall–Kier alpha value is -1.34. The molecule has 0 spiro atoms. The van der Waals surface area contributed by atoms with E-state index >= 15 is 0 Å². The third-order valence-corrected chi connectivity index (χ3v) is 4.06. The Bertz CT molecular complexity index is 396. The number of likely N-dealkylation sites (N-methyl/N-ethyl adjacent to an activating group) is 1. The van der Waals surface area contributed by atoms with E-state index in [9.17, 15) is 14.7 Å². The standard InChI is InChI=1S/C11H18N4O3/c1-13-4-8-5-14(2-3-15(8)10(13)17)9(16)11(18)6-12-7-11/h8,12,18H,2-7H2,1H3. The lowest BCUT2D eigenvalue weighted by atomic mass is 9.94. The van der Waals surface area contributed by atoms with E-state index in [1.165, 1.54) is 0 Å². The lowest BCUT2D eigenvalue weighted by Gasteiger charge is -2.43. The van der Waals surface area contributed by atoms with E-state index in [1.54, 1.807) is 16.8 Å². The number of β-amino-alcohol motifs (C(OH)–C–C–N with tert-alkyl or cyclic N) is 1. The van der Waals surface area contributed by atoms with Crippen molar-refractivity contribution in [1.82, 2.24) is 20.0 Å². The minimum absolute atomic E-state index is 0.0381. The molecule has 3 aliphatic heterocycles. The maximum absolute atomic E-state index is 12.2. The number of fused-ring (bicyclic) bond motifs is 1.